The van der Waals surface area contributed by atoms with Gasteiger partial charge in [-0.3, -0.25) is 18.9 Å². The third kappa shape index (κ3) is 6.58. The van der Waals surface area contributed by atoms with E-state index in [0.717, 1.165) is 30.5 Å². The largest absolute Gasteiger partial charge is 0.454 e. The highest BCUT2D eigenvalue weighted by atomic mass is 35.5. The number of nitrogens with zero attached hydrogens (tertiary/aromatic N) is 2. The number of carbonyl (C=O) groups is 1. The average Bonchev–Trinajstić information content (AvgIpc) is 3.72. The van der Waals surface area contributed by atoms with Crippen LogP contribution in [0.5, 0.6) is 11.5 Å². The van der Waals surface area contributed by atoms with Gasteiger partial charge >= 0.3 is 0 Å². The molecule has 2 aromatic heterocycles. The molecule has 1 fully saturated rings. The van der Waals surface area contributed by atoms with Crippen LogP contribution in [-0.2, 0) is 7.05 Å². The van der Waals surface area contributed by atoms with E-state index >= 15 is 0 Å². The first-order valence-electron chi connectivity index (χ1n) is 12.2. The standard InChI is InChI=1S/C24H26ClFN6O3S.C2H6/c1-12-5-8-16(15(26)11-12)30-22-18(23(33)29-14-6-7-14)20(13(2)24(34)32(22)4)35-17-9-10-28-21(19(17)25)31-36-27-3;1-2/h5,8-11,14,27,30H,6-7H2,1-4H3,(H,28,31)(H,29,33);1-2H3. The second-order valence-electron chi connectivity index (χ2n) is 8.38. The van der Waals surface area contributed by atoms with Crippen molar-refractivity contribution in [2.24, 2.45) is 7.05 Å². The predicted octanol–water partition coefficient (Wildman–Crippen LogP) is 5.84. The van der Waals surface area contributed by atoms with Gasteiger partial charge in [-0.05, 0) is 51.4 Å². The van der Waals surface area contributed by atoms with Crippen LogP contribution in [0.15, 0.2) is 35.3 Å². The molecule has 0 bridgehead atoms. The minimum absolute atomic E-state index is 0.0200. The summed E-state index contributed by atoms with van der Waals surface area (Å²) in [6.07, 6.45) is 3.20. The van der Waals surface area contributed by atoms with Crippen LogP contribution >= 0.6 is 23.7 Å². The predicted molar refractivity (Wildman–Crippen MR) is 152 cm³/mol. The Morgan fingerprint density at radius 1 is 1.24 bits per heavy atom. The number of halogens is 2. The molecule has 1 saturated carbocycles. The van der Waals surface area contributed by atoms with Crippen LogP contribution in [0.4, 0.5) is 21.7 Å². The third-order valence-corrected chi connectivity index (χ3v) is 6.46. The Bertz CT molecular complexity index is 1380. The lowest BCUT2D eigenvalue weighted by atomic mass is 10.1. The van der Waals surface area contributed by atoms with Gasteiger partial charge in [0.2, 0.25) is 0 Å². The molecule has 0 saturated heterocycles. The summed E-state index contributed by atoms with van der Waals surface area (Å²) in [4.78, 5) is 30.8. The summed E-state index contributed by atoms with van der Waals surface area (Å²) < 4.78 is 27.9. The van der Waals surface area contributed by atoms with Gasteiger partial charge in [0, 0.05) is 37.5 Å². The lowest BCUT2D eigenvalue weighted by Crippen LogP contribution is -2.31. The van der Waals surface area contributed by atoms with E-state index in [2.05, 4.69) is 25.1 Å². The van der Waals surface area contributed by atoms with Gasteiger partial charge in [-0.2, -0.15) is 0 Å². The minimum atomic E-state index is -0.519. The van der Waals surface area contributed by atoms with Gasteiger partial charge in [0.05, 0.1) is 11.3 Å². The molecule has 0 unspecified atom stereocenters. The Labute approximate surface area is 230 Å². The van der Waals surface area contributed by atoms with Crippen molar-refractivity contribution in [3.63, 3.8) is 0 Å². The summed E-state index contributed by atoms with van der Waals surface area (Å²) in [5, 5.41) is 6.03. The zero-order valence-electron chi connectivity index (χ0n) is 22.2. The summed E-state index contributed by atoms with van der Waals surface area (Å²) in [5.41, 5.74) is 0.689. The number of pyridine rings is 2. The molecule has 2 heterocycles. The molecular formula is C26H32ClFN6O3S. The topological polar surface area (TPSA) is 109 Å². The van der Waals surface area contributed by atoms with Crippen LogP contribution in [0, 0.1) is 19.7 Å². The molecule has 204 valence electrons. The van der Waals surface area contributed by atoms with Crippen LogP contribution in [0.1, 0.15) is 48.2 Å². The number of nitrogens with one attached hydrogen (secondary N) is 4. The molecule has 0 radical (unpaired) electrons. The van der Waals surface area contributed by atoms with E-state index in [1.165, 1.54) is 29.9 Å². The Balaban J connectivity index is 0.00000195. The number of amides is 1. The summed E-state index contributed by atoms with van der Waals surface area (Å²) in [7, 11) is 3.24. The Hall–Kier alpha value is -3.28. The molecule has 9 nitrogen and oxygen atoms in total. The fourth-order valence-corrected chi connectivity index (χ4v) is 4.12. The highest BCUT2D eigenvalue weighted by molar-refractivity contribution is 7.98. The SMILES string of the molecule is CC.CNSNc1nccc(Oc2c(C(=O)NC3CC3)c(Nc3ccc(C)cc3F)n(C)c(=O)c2C)c1Cl. The quantitative estimate of drug-likeness (QED) is 0.241. The van der Waals surface area contributed by atoms with Crippen LogP contribution in [0.2, 0.25) is 5.02 Å². The van der Waals surface area contributed by atoms with E-state index in [9.17, 15) is 14.0 Å². The smallest absolute Gasteiger partial charge is 0.259 e. The van der Waals surface area contributed by atoms with Gasteiger partial charge < -0.3 is 15.4 Å². The first kappa shape index (κ1) is 29.3. The van der Waals surface area contributed by atoms with E-state index in [0.29, 0.717) is 5.82 Å². The maximum Gasteiger partial charge on any atom is 0.259 e. The van der Waals surface area contributed by atoms with Gasteiger partial charge in [0.25, 0.3) is 11.5 Å². The number of hydrogen-bond acceptors (Lipinski definition) is 8. The number of benzene rings is 1. The van der Waals surface area contributed by atoms with Crippen molar-refractivity contribution in [2.75, 3.05) is 17.1 Å². The molecule has 1 aliphatic rings. The normalized spacial score (nSPS) is 12.3. The molecule has 4 rings (SSSR count). The first-order chi connectivity index (χ1) is 18.2. The van der Waals surface area contributed by atoms with E-state index in [-0.39, 0.29) is 45.2 Å². The molecule has 38 heavy (non-hydrogen) atoms. The average molecular weight is 563 g/mol. The highest BCUT2D eigenvalue weighted by Crippen LogP contribution is 2.39. The molecule has 1 amide bonds. The second kappa shape index (κ2) is 13.0. The molecular weight excluding hydrogens is 531 g/mol. The number of rotatable bonds is 9. The summed E-state index contributed by atoms with van der Waals surface area (Å²) in [6.45, 7) is 7.33. The van der Waals surface area contributed by atoms with Crippen molar-refractivity contribution < 1.29 is 13.9 Å². The van der Waals surface area contributed by atoms with Gasteiger partial charge in [-0.15, -0.1) is 0 Å². The Kier molecular flexibility index (Phi) is 10.0. The molecule has 0 aliphatic heterocycles. The zero-order chi connectivity index (χ0) is 28.0. The van der Waals surface area contributed by atoms with Gasteiger partial charge in [-0.1, -0.05) is 31.5 Å². The lowest BCUT2D eigenvalue weighted by Gasteiger charge is -2.22. The fourth-order valence-electron chi connectivity index (χ4n) is 3.52. The van der Waals surface area contributed by atoms with Crippen molar-refractivity contribution in [1.82, 2.24) is 19.6 Å². The highest BCUT2D eigenvalue weighted by Gasteiger charge is 2.31. The number of anilines is 3. The van der Waals surface area contributed by atoms with Crippen molar-refractivity contribution >= 4 is 47.0 Å². The molecule has 1 aliphatic carbocycles. The third-order valence-electron chi connectivity index (χ3n) is 5.60. The molecule has 1 aromatic carbocycles. The summed E-state index contributed by atoms with van der Waals surface area (Å²) in [5.74, 6) is -0.332. The maximum atomic E-state index is 14.7. The van der Waals surface area contributed by atoms with E-state index in [1.807, 2.05) is 13.8 Å². The van der Waals surface area contributed by atoms with E-state index < -0.39 is 17.3 Å². The Morgan fingerprint density at radius 2 is 1.95 bits per heavy atom. The number of ether oxygens (including phenoxy) is 1. The van der Waals surface area contributed by atoms with Gasteiger partial charge in [0.1, 0.15) is 22.2 Å². The van der Waals surface area contributed by atoms with E-state index in [1.54, 1.807) is 33.0 Å². The molecule has 4 N–H and O–H groups in total. The molecule has 3 aromatic rings. The van der Waals surface area contributed by atoms with Gasteiger partial charge in [0.15, 0.2) is 17.3 Å². The number of carbonyl (C=O) groups excluding carboxylic acids is 1. The van der Waals surface area contributed by atoms with Crippen molar-refractivity contribution in [1.29, 1.82) is 0 Å². The Morgan fingerprint density at radius 3 is 2.58 bits per heavy atom. The summed E-state index contributed by atoms with van der Waals surface area (Å²) in [6, 6.07) is 6.21. The molecule has 0 atom stereocenters. The first-order valence-corrected chi connectivity index (χ1v) is 13.4. The van der Waals surface area contributed by atoms with Crippen molar-refractivity contribution in [3.05, 3.63) is 68.3 Å². The van der Waals surface area contributed by atoms with Crippen LogP contribution in [0.25, 0.3) is 0 Å². The maximum absolute atomic E-state index is 14.7. The number of aryl methyl sites for hydroxylation is 1. The minimum Gasteiger partial charge on any atom is -0.454 e. The van der Waals surface area contributed by atoms with Gasteiger partial charge in [-0.25, -0.2) is 14.1 Å². The van der Waals surface area contributed by atoms with E-state index in [4.69, 9.17) is 16.3 Å². The van der Waals surface area contributed by atoms with Crippen molar-refractivity contribution in [2.45, 2.75) is 46.6 Å². The monoisotopic (exact) mass is 562 g/mol. The van der Waals surface area contributed by atoms with Crippen LogP contribution in [0.3, 0.4) is 0 Å². The van der Waals surface area contributed by atoms with Crippen LogP contribution < -0.4 is 30.4 Å². The summed E-state index contributed by atoms with van der Waals surface area (Å²) >= 11 is 7.67. The van der Waals surface area contributed by atoms with Crippen molar-refractivity contribution in [3.8, 4) is 11.5 Å². The second-order valence-corrected chi connectivity index (χ2v) is 9.57. The number of aromatic nitrogens is 2. The molecule has 0 spiro atoms. The van der Waals surface area contributed by atoms with Crippen LogP contribution in [-0.4, -0.2) is 28.5 Å². The molecule has 12 heteroatoms. The fraction of sp³-hybridized carbons (Fsp3) is 0.346. The zero-order valence-corrected chi connectivity index (χ0v) is 23.7. The number of hydrogen-bond donors (Lipinski definition) is 4. The lowest BCUT2D eigenvalue weighted by molar-refractivity contribution is 0.0948.